The second-order valence-corrected chi connectivity index (χ2v) is 7.43. The van der Waals surface area contributed by atoms with Gasteiger partial charge in [-0.05, 0) is 25.5 Å². The Morgan fingerprint density at radius 2 is 1.86 bits per heavy atom. The average Bonchev–Trinajstić information content (AvgIpc) is 2.91. The molecule has 1 saturated heterocycles. The van der Waals surface area contributed by atoms with E-state index in [1.165, 1.54) is 14.2 Å². The van der Waals surface area contributed by atoms with Gasteiger partial charge < -0.3 is 20.1 Å². The van der Waals surface area contributed by atoms with Gasteiger partial charge in [0, 0.05) is 6.07 Å². The fourth-order valence-corrected chi connectivity index (χ4v) is 3.38. The monoisotopic (exact) mass is 405 g/mol. The van der Waals surface area contributed by atoms with Crippen LogP contribution in [0.3, 0.4) is 0 Å². The predicted octanol–water partition coefficient (Wildman–Crippen LogP) is 3.31. The molecule has 0 bridgehead atoms. The second kappa shape index (κ2) is 10.1. The third-order valence-electron chi connectivity index (χ3n) is 5.11. The summed E-state index contributed by atoms with van der Waals surface area (Å²) in [5, 5.41) is 5.43. The first-order chi connectivity index (χ1) is 13.8. The van der Waals surface area contributed by atoms with E-state index >= 15 is 0 Å². The molecule has 160 valence electrons. The van der Waals surface area contributed by atoms with Gasteiger partial charge in [-0.15, -0.1) is 0 Å². The molecule has 0 spiro atoms. The predicted molar refractivity (Wildman–Crippen MR) is 110 cm³/mol. The number of rotatable bonds is 11. The van der Waals surface area contributed by atoms with Crippen LogP contribution in [0.25, 0.3) is 0 Å². The van der Waals surface area contributed by atoms with Crippen LogP contribution < -0.4 is 20.1 Å². The number of anilines is 1. The lowest BCUT2D eigenvalue weighted by Crippen LogP contribution is -2.44. The number of nitrogens with zero attached hydrogens (tertiary/aromatic N) is 1. The summed E-state index contributed by atoms with van der Waals surface area (Å²) in [5.41, 5.74) is -0.523. The van der Waals surface area contributed by atoms with Gasteiger partial charge in [0.2, 0.25) is 5.91 Å². The summed E-state index contributed by atoms with van der Waals surface area (Å²) in [6.45, 7) is 3.51. The van der Waals surface area contributed by atoms with E-state index in [1.807, 2.05) is 0 Å². The highest BCUT2D eigenvalue weighted by molar-refractivity contribution is 6.10. The minimum atomic E-state index is -0.957. The van der Waals surface area contributed by atoms with Crippen LogP contribution in [0.2, 0.25) is 0 Å². The summed E-state index contributed by atoms with van der Waals surface area (Å²) in [6.07, 6.45) is 5.86. The number of carbonyl (C=O) groups excluding carboxylic acids is 3. The fourth-order valence-electron chi connectivity index (χ4n) is 3.38. The topological polar surface area (TPSA) is 97.0 Å². The molecule has 1 atom stereocenters. The maximum absolute atomic E-state index is 12.8. The lowest BCUT2D eigenvalue weighted by Gasteiger charge is -2.21. The minimum Gasteiger partial charge on any atom is -0.497 e. The number of urea groups is 1. The van der Waals surface area contributed by atoms with Gasteiger partial charge in [-0.2, -0.15) is 0 Å². The zero-order chi connectivity index (χ0) is 21.4. The van der Waals surface area contributed by atoms with Gasteiger partial charge in [0.1, 0.15) is 23.6 Å². The van der Waals surface area contributed by atoms with Crippen LogP contribution in [0.15, 0.2) is 18.2 Å². The van der Waals surface area contributed by atoms with Gasteiger partial charge in [-0.3, -0.25) is 14.5 Å². The summed E-state index contributed by atoms with van der Waals surface area (Å²) in [5.74, 6) is 0.162. The molecule has 1 fully saturated rings. The van der Waals surface area contributed by atoms with Gasteiger partial charge in [-0.25, -0.2) is 4.79 Å². The standard InChI is InChI=1S/C21H31N3O5/c1-5-6-7-8-9-12-21(2)19(26)24(20(27)23-21)14-18(25)22-16-11-10-15(28-3)13-17(16)29-4/h10-11,13H,5-9,12,14H2,1-4H3,(H,22,25)(H,23,27). The molecule has 0 saturated carbocycles. The molecule has 1 unspecified atom stereocenters. The van der Waals surface area contributed by atoms with Gasteiger partial charge in [-0.1, -0.05) is 39.0 Å². The van der Waals surface area contributed by atoms with Crippen molar-refractivity contribution < 1.29 is 23.9 Å². The number of hydrogen-bond donors (Lipinski definition) is 2. The molecule has 1 aromatic rings. The molecule has 1 aliphatic heterocycles. The van der Waals surface area contributed by atoms with Crippen LogP contribution in [0.5, 0.6) is 11.5 Å². The van der Waals surface area contributed by atoms with E-state index in [-0.39, 0.29) is 12.5 Å². The van der Waals surface area contributed by atoms with E-state index in [0.717, 1.165) is 37.0 Å². The molecule has 1 heterocycles. The number of methoxy groups -OCH3 is 2. The van der Waals surface area contributed by atoms with Crippen molar-refractivity contribution in [2.24, 2.45) is 0 Å². The fraction of sp³-hybridized carbons (Fsp3) is 0.571. The number of amides is 4. The van der Waals surface area contributed by atoms with Crippen molar-refractivity contribution in [1.29, 1.82) is 0 Å². The Balaban J connectivity index is 1.96. The molecule has 8 nitrogen and oxygen atoms in total. The van der Waals surface area contributed by atoms with Crippen molar-refractivity contribution in [3.8, 4) is 11.5 Å². The van der Waals surface area contributed by atoms with Crippen molar-refractivity contribution >= 4 is 23.5 Å². The molecular weight excluding hydrogens is 374 g/mol. The lowest BCUT2D eigenvalue weighted by atomic mass is 9.94. The molecular formula is C21H31N3O5. The Morgan fingerprint density at radius 1 is 1.14 bits per heavy atom. The van der Waals surface area contributed by atoms with E-state index in [4.69, 9.17) is 9.47 Å². The maximum atomic E-state index is 12.8. The number of unbranched alkanes of at least 4 members (excludes halogenated alkanes) is 4. The van der Waals surface area contributed by atoms with Crippen molar-refractivity contribution in [2.45, 2.75) is 57.9 Å². The van der Waals surface area contributed by atoms with Crippen molar-refractivity contribution in [2.75, 3.05) is 26.1 Å². The van der Waals surface area contributed by atoms with Gasteiger partial charge in [0.05, 0.1) is 19.9 Å². The zero-order valence-electron chi connectivity index (χ0n) is 17.7. The minimum absolute atomic E-state index is 0.356. The van der Waals surface area contributed by atoms with E-state index < -0.39 is 17.5 Å². The number of nitrogens with one attached hydrogen (secondary N) is 2. The Bertz CT molecular complexity index is 752. The normalized spacial score (nSPS) is 18.6. The summed E-state index contributed by atoms with van der Waals surface area (Å²) < 4.78 is 10.4. The molecule has 0 aliphatic carbocycles. The van der Waals surface area contributed by atoms with E-state index in [9.17, 15) is 14.4 Å². The number of carbonyl (C=O) groups is 3. The number of hydrogen-bond acceptors (Lipinski definition) is 5. The molecule has 0 aromatic heterocycles. The van der Waals surface area contributed by atoms with Crippen LogP contribution in [0.4, 0.5) is 10.5 Å². The van der Waals surface area contributed by atoms with Gasteiger partial charge >= 0.3 is 6.03 Å². The molecule has 0 radical (unpaired) electrons. The Hall–Kier alpha value is -2.77. The zero-order valence-corrected chi connectivity index (χ0v) is 17.7. The summed E-state index contributed by atoms with van der Waals surface area (Å²) in [6, 6.07) is 4.42. The first-order valence-corrected chi connectivity index (χ1v) is 10.0. The summed E-state index contributed by atoms with van der Waals surface area (Å²) in [4.78, 5) is 38.5. The van der Waals surface area contributed by atoms with Crippen LogP contribution in [0.1, 0.15) is 52.4 Å². The summed E-state index contributed by atoms with van der Waals surface area (Å²) >= 11 is 0. The van der Waals surface area contributed by atoms with E-state index in [2.05, 4.69) is 17.6 Å². The Kier molecular flexibility index (Phi) is 7.87. The highest BCUT2D eigenvalue weighted by Gasteiger charge is 2.47. The van der Waals surface area contributed by atoms with Gasteiger partial charge in [0.25, 0.3) is 5.91 Å². The smallest absolute Gasteiger partial charge is 0.325 e. The number of benzene rings is 1. The average molecular weight is 405 g/mol. The Labute approximate surface area is 171 Å². The lowest BCUT2D eigenvalue weighted by molar-refractivity contribution is -0.133. The van der Waals surface area contributed by atoms with Crippen LogP contribution in [-0.4, -0.2) is 49.0 Å². The second-order valence-electron chi connectivity index (χ2n) is 7.43. The molecule has 29 heavy (non-hydrogen) atoms. The molecule has 4 amide bonds. The quantitative estimate of drug-likeness (QED) is 0.435. The molecule has 2 N–H and O–H groups in total. The van der Waals surface area contributed by atoms with E-state index in [0.29, 0.717) is 23.6 Å². The van der Waals surface area contributed by atoms with Crippen LogP contribution in [-0.2, 0) is 9.59 Å². The maximum Gasteiger partial charge on any atom is 0.325 e. The number of imide groups is 1. The largest absolute Gasteiger partial charge is 0.497 e. The highest BCUT2D eigenvalue weighted by atomic mass is 16.5. The number of ether oxygens (including phenoxy) is 2. The Morgan fingerprint density at radius 3 is 2.52 bits per heavy atom. The van der Waals surface area contributed by atoms with E-state index in [1.54, 1.807) is 25.1 Å². The van der Waals surface area contributed by atoms with Gasteiger partial charge in [0.15, 0.2) is 0 Å². The van der Waals surface area contributed by atoms with Crippen molar-refractivity contribution in [1.82, 2.24) is 10.2 Å². The molecule has 8 heteroatoms. The third kappa shape index (κ3) is 5.62. The molecule has 2 rings (SSSR count). The van der Waals surface area contributed by atoms with Crippen LogP contribution >= 0.6 is 0 Å². The van der Waals surface area contributed by atoms with Crippen molar-refractivity contribution in [3.63, 3.8) is 0 Å². The first-order valence-electron chi connectivity index (χ1n) is 10.0. The van der Waals surface area contributed by atoms with Crippen LogP contribution in [0, 0.1) is 0 Å². The van der Waals surface area contributed by atoms with Crippen molar-refractivity contribution in [3.05, 3.63) is 18.2 Å². The first kappa shape index (κ1) is 22.5. The third-order valence-corrected chi connectivity index (χ3v) is 5.11. The molecule has 1 aliphatic rings. The molecule has 1 aromatic carbocycles. The SMILES string of the molecule is CCCCCCCC1(C)NC(=O)N(CC(=O)Nc2ccc(OC)cc2OC)C1=O. The summed E-state index contributed by atoms with van der Waals surface area (Å²) in [7, 11) is 3.01. The highest BCUT2D eigenvalue weighted by Crippen LogP contribution is 2.29.